The predicted molar refractivity (Wildman–Crippen MR) is 126 cm³/mol. The summed E-state index contributed by atoms with van der Waals surface area (Å²) in [5.74, 6) is -2.12. The molecule has 0 fully saturated rings. The number of halogens is 1. The molecule has 0 radical (unpaired) electrons. The molecule has 0 aliphatic rings. The largest absolute Gasteiger partial charge is 0.454 e. The van der Waals surface area contributed by atoms with Crippen molar-refractivity contribution >= 4 is 22.0 Å². The molecule has 0 aliphatic heterocycles. The van der Waals surface area contributed by atoms with Crippen molar-refractivity contribution in [3.63, 3.8) is 0 Å². The first-order valence-electron chi connectivity index (χ1n) is 10.6. The van der Waals surface area contributed by atoms with Crippen LogP contribution in [0.4, 0.5) is 9.18 Å². The number of hydrogen-bond donors (Lipinski definition) is 2. The highest BCUT2D eigenvalue weighted by atomic mass is 32.2. The van der Waals surface area contributed by atoms with Gasteiger partial charge in [-0.1, -0.05) is 6.58 Å². The minimum atomic E-state index is -4.48. The molecular weight excluding hydrogens is 511 g/mol. The molecule has 14 heteroatoms. The number of carbonyl (C=O) groups is 2. The Morgan fingerprint density at radius 2 is 1.89 bits per heavy atom. The van der Waals surface area contributed by atoms with Gasteiger partial charge < -0.3 is 14.2 Å². The summed E-state index contributed by atoms with van der Waals surface area (Å²) in [7, 11) is -3.06. The van der Waals surface area contributed by atoms with Gasteiger partial charge in [0.05, 0.1) is 29.7 Å². The zero-order chi connectivity index (χ0) is 27.4. The SMILES string of the molecule is C=CN(CCN(CC(=O)NO)S(=O)(=O)c1ccc(Oc2ccc(C#N)cc2)c(F)c1)C(=O)OCCOC. The van der Waals surface area contributed by atoms with Gasteiger partial charge in [-0.3, -0.25) is 14.9 Å². The summed E-state index contributed by atoms with van der Waals surface area (Å²) in [5, 5.41) is 17.7. The van der Waals surface area contributed by atoms with Crippen molar-refractivity contribution in [1.29, 1.82) is 5.26 Å². The zero-order valence-electron chi connectivity index (χ0n) is 19.8. The monoisotopic (exact) mass is 536 g/mol. The van der Waals surface area contributed by atoms with Crippen LogP contribution in [0.1, 0.15) is 5.56 Å². The van der Waals surface area contributed by atoms with Crippen LogP contribution in [0.15, 0.2) is 60.1 Å². The quantitative estimate of drug-likeness (QED) is 0.222. The van der Waals surface area contributed by atoms with Gasteiger partial charge in [0, 0.05) is 26.4 Å². The van der Waals surface area contributed by atoms with Gasteiger partial charge in [0.1, 0.15) is 12.4 Å². The van der Waals surface area contributed by atoms with Crippen LogP contribution < -0.4 is 10.2 Å². The number of hydrogen-bond acceptors (Lipinski definition) is 9. The zero-order valence-corrected chi connectivity index (χ0v) is 20.6. The second-order valence-electron chi connectivity index (χ2n) is 7.19. The second kappa shape index (κ2) is 13.9. The van der Waals surface area contributed by atoms with E-state index in [0.29, 0.717) is 15.9 Å². The van der Waals surface area contributed by atoms with E-state index in [1.807, 2.05) is 6.07 Å². The highest BCUT2D eigenvalue weighted by Crippen LogP contribution is 2.28. The van der Waals surface area contributed by atoms with Crippen LogP contribution in [-0.4, -0.2) is 74.8 Å². The second-order valence-corrected chi connectivity index (χ2v) is 9.13. The van der Waals surface area contributed by atoms with Crippen LogP contribution in [0.25, 0.3) is 0 Å². The molecule has 37 heavy (non-hydrogen) atoms. The minimum absolute atomic E-state index is 0.0508. The summed E-state index contributed by atoms with van der Waals surface area (Å²) in [6.45, 7) is 2.05. The number of benzene rings is 2. The van der Waals surface area contributed by atoms with Crippen LogP contribution in [0.5, 0.6) is 11.5 Å². The van der Waals surface area contributed by atoms with E-state index in [1.165, 1.54) is 36.9 Å². The lowest BCUT2D eigenvalue weighted by molar-refractivity contribution is -0.129. The van der Waals surface area contributed by atoms with E-state index in [0.717, 1.165) is 23.2 Å². The molecule has 0 aliphatic carbocycles. The predicted octanol–water partition coefficient (Wildman–Crippen LogP) is 2.21. The van der Waals surface area contributed by atoms with E-state index in [2.05, 4.69) is 6.58 Å². The molecule has 0 atom stereocenters. The van der Waals surface area contributed by atoms with E-state index in [1.54, 1.807) is 0 Å². The number of nitrogens with zero attached hydrogens (tertiary/aromatic N) is 3. The number of nitriles is 1. The molecule has 0 bridgehead atoms. The third kappa shape index (κ3) is 8.26. The fourth-order valence-corrected chi connectivity index (χ4v) is 4.25. The van der Waals surface area contributed by atoms with Crippen molar-refractivity contribution in [3.8, 4) is 17.6 Å². The molecule has 0 saturated heterocycles. The molecule has 2 aromatic carbocycles. The van der Waals surface area contributed by atoms with E-state index in [-0.39, 0.29) is 31.3 Å². The third-order valence-electron chi connectivity index (χ3n) is 4.76. The normalized spacial score (nSPS) is 10.9. The average molecular weight is 537 g/mol. The summed E-state index contributed by atoms with van der Waals surface area (Å²) in [6, 6.07) is 10.6. The Labute approximate surface area is 213 Å². The number of methoxy groups -OCH3 is 1. The lowest BCUT2D eigenvalue weighted by Gasteiger charge is -2.24. The number of nitrogens with one attached hydrogen (secondary N) is 1. The Balaban J connectivity index is 2.23. The lowest BCUT2D eigenvalue weighted by Crippen LogP contribution is -2.44. The van der Waals surface area contributed by atoms with Crippen molar-refractivity contribution in [2.75, 3.05) is 40.0 Å². The molecule has 0 saturated carbocycles. The Morgan fingerprint density at radius 3 is 2.46 bits per heavy atom. The summed E-state index contributed by atoms with van der Waals surface area (Å²) >= 11 is 0. The topological polar surface area (TPSA) is 158 Å². The molecule has 2 rings (SSSR count). The number of ether oxygens (including phenoxy) is 3. The fraction of sp³-hybridized carbons (Fsp3) is 0.261. The highest BCUT2D eigenvalue weighted by Gasteiger charge is 2.29. The lowest BCUT2D eigenvalue weighted by atomic mass is 10.2. The van der Waals surface area contributed by atoms with Crippen LogP contribution in [0.3, 0.4) is 0 Å². The van der Waals surface area contributed by atoms with Crippen LogP contribution >= 0.6 is 0 Å². The Kier molecular flexibility index (Phi) is 11.0. The number of sulfonamides is 1. The summed E-state index contributed by atoms with van der Waals surface area (Å²) in [6.07, 6.45) is 0.285. The molecule has 2 N–H and O–H groups in total. The summed E-state index contributed by atoms with van der Waals surface area (Å²) < 4.78 is 57.0. The average Bonchev–Trinajstić information content (AvgIpc) is 2.89. The van der Waals surface area contributed by atoms with Gasteiger partial charge in [0.25, 0.3) is 5.91 Å². The maximum absolute atomic E-state index is 14.8. The van der Waals surface area contributed by atoms with Gasteiger partial charge in [-0.2, -0.15) is 9.57 Å². The number of rotatable bonds is 13. The van der Waals surface area contributed by atoms with Crippen molar-refractivity contribution < 1.29 is 41.8 Å². The highest BCUT2D eigenvalue weighted by molar-refractivity contribution is 7.89. The summed E-state index contributed by atoms with van der Waals surface area (Å²) in [4.78, 5) is 24.4. The van der Waals surface area contributed by atoms with Gasteiger partial charge >= 0.3 is 6.09 Å². The van der Waals surface area contributed by atoms with Gasteiger partial charge in [0.15, 0.2) is 11.6 Å². The molecule has 12 nitrogen and oxygen atoms in total. The number of carbonyl (C=O) groups excluding carboxylic acids is 2. The van der Waals surface area contributed by atoms with E-state index >= 15 is 0 Å². The fourth-order valence-electron chi connectivity index (χ4n) is 2.85. The number of hydroxylamine groups is 1. The van der Waals surface area contributed by atoms with Crippen LogP contribution in [0.2, 0.25) is 0 Å². The van der Waals surface area contributed by atoms with Crippen molar-refractivity contribution in [2.45, 2.75) is 4.90 Å². The molecule has 0 heterocycles. The Morgan fingerprint density at radius 1 is 1.19 bits per heavy atom. The van der Waals surface area contributed by atoms with Gasteiger partial charge in [0.2, 0.25) is 10.0 Å². The smallest absolute Gasteiger partial charge is 0.413 e. The maximum atomic E-state index is 14.8. The first-order chi connectivity index (χ1) is 17.7. The van der Waals surface area contributed by atoms with E-state index in [4.69, 9.17) is 24.7 Å². The van der Waals surface area contributed by atoms with Crippen LogP contribution in [0, 0.1) is 17.1 Å². The maximum Gasteiger partial charge on any atom is 0.413 e. The van der Waals surface area contributed by atoms with Gasteiger partial charge in [-0.15, -0.1) is 0 Å². The first kappa shape index (κ1) is 29.2. The van der Waals surface area contributed by atoms with E-state index < -0.39 is 45.8 Å². The summed E-state index contributed by atoms with van der Waals surface area (Å²) in [5.41, 5.74) is 1.71. The molecule has 0 unspecified atom stereocenters. The van der Waals surface area contributed by atoms with Crippen molar-refractivity contribution in [1.82, 2.24) is 14.7 Å². The van der Waals surface area contributed by atoms with Crippen molar-refractivity contribution in [3.05, 3.63) is 66.6 Å². The molecule has 0 spiro atoms. The Hall–Kier alpha value is -4.03. The third-order valence-corrected chi connectivity index (χ3v) is 6.60. The van der Waals surface area contributed by atoms with Crippen LogP contribution in [-0.2, 0) is 24.3 Å². The number of amides is 2. The molecular formula is C23H25FN4O8S. The molecule has 2 aromatic rings. The minimum Gasteiger partial charge on any atom is -0.454 e. The van der Waals surface area contributed by atoms with Crippen molar-refractivity contribution in [2.24, 2.45) is 0 Å². The first-order valence-corrected chi connectivity index (χ1v) is 12.1. The van der Waals surface area contributed by atoms with Gasteiger partial charge in [-0.05, 0) is 42.5 Å². The molecule has 2 amide bonds. The molecule has 0 aromatic heterocycles. The Bertz CT molecular complexity index is 1250. The molecule has 198 valence electrons. The van der Waals surface area contributed by atoms with E-state index in [9.17, 15) is 22.4 Å². The van der Waals surface area contributed by atoms with Gasteiger partial charge in [-0.25, -0.2) is 23.1 Å². The standard InChI is InChI=1S/C23H25FN4O8S/c1-3-27(23(30)35-13-12-34-2)10-11-28(16-22(29)26-31)37(32,33)19-8-9-21(20(24)14-19)36-18-6-4-17(15-25)5-7-18/h3-9,14,31H,1,10-13,16H2,2H3,(H,26,29).